The van der Waals surface area contributed by atoms with Crippen LogP contribution in [0.3, 0.4) is 0 Å². The predicted molar refractivity (Wildman–Crippen MR) is 225 cm³/mol. The van der Waals surface area contributed by atoms with Crippen molar-refractivity contribution in [2.45, 2.75) is 0 Å². The molecule has 10 rings (SSSR count). The van der Waals surface area contributed by atoms with Gasteiger partial charge < -0.3 is 0 Å². The highest BCUT2D eigenvalue weighted by Gasteiger charge is 2.16. The highest BCUT2D eigenvalue weighted by molar-refractivity contribution is 7.19. The van der Waals surface area contributed by atoms with Gasteiger partial charge in [-0.15, -0.1) is 22.7 Å². The van der Waals surface area contributed by atoms with Crippen molar-refractivity contribution >= 4 is 55.3 Å². The number of hydrogen-bond acceptors (Lipinski definition) is 3. The fourth-order valence-electron chi connectivity index (χ4n) is 7.31. The third kappa shape index (κ3) is 5.52. The van der Waals surface area contributed by atoms with E-state index in [-0.39, 0.29) is 0 Å². The minimum atomic E-state index is 1.00. The highest BCUT2D eigenvalue weighted by Crippen LogP contribution is 2.42. The lowest BCUT2D eigenvalue weighted by Gasteiger charge is -2.15. The zero-order valence-corrected chi connectivity index (χ0v) is 29.8. The molecule has 244 valence electrons. The molecule has 0 saturated heterocycles. The minimum Gasteiger partial charge on any atom is -0.247 e. The summed E-state index contributed by atoms with van der Waals surface area (Å²) in [6.45, 7) is 0. The number of thiophene rings is 2. The van der Waals surface area contributed by atoms with E-state index in [9.17, 15) is 0 Å². The van der Waals surface area contributed by atoms with E-state index in [2.05, 4.69) is 188 Å². The van der Waals surface area contributed by atoms with E-state index in [0.717, 1.165) is 27.2 Å². The Morgan fingerprint density at radius 1 is 0.308 bits per heavy atom. The summed E-state index contributed by atoms with van der Waals surface area (Å²) >= 11 is 3.67. The lowest BCUT2D eigenvalue weighted by atomic mass is 9.92. The Hall–Kier alpha value is -6.13. The normalized spacial score (nSPS) is 11.5. The Labute approximate surface area is 310 Å². The molecule has 0 radical (unpaired) electrons. The molecule has 0 aliphatic rings. The third-order valence-corrected chi connectivity index (χ3v) is 12.3. The van der Waals surface area contributed by atoms with Crippen LogP contribution in [0.25, 0.3) is 96.6 Å². The molecule has 0 bridgehead atoms. The maximum absolute atomic E-state index is 5.43. The average molecular weight is 698 g/mol. The number of benzene rings is 7. The van der Waals surface area contributed by atoms with Crippen molar-refractivity contribution in [3.8, 4) is 64.0 Å². The fraction of sp³-hybridized carbons (Fsp3) is 0. The van der Waals surface area contributed by atoms with Crippen molar-refractivity contribution < 1.29 is 0 Å². The standard InChI is InChI=1S/C49H31NS2/c1-4-10-32(11-5-1)37-20-24-41-43(31-37)50-49-40-23-22-39(47-29-28-45(52-47)34-14-8-3-9-15-34)30-38(40)21-25-42(49)48(41)36-18-16-35(17-19-36)46-27-26-44(51-46)33-12-6-2-7-13-33/h1-31H. The molecule has 10 aromatic rings. The first kappa shape index (κ1) is 30.7. The molecule has 3 aromatic heterocycles. The van der Waals surface area contributed by atoms with Crippen LogP contribution in [0.5, 0.6) is 0 Å². The molecule has 3 heteroatoms. The van der Waals surface area contributed by atoms with Gasteiger partial charge in [0, 0.05) is 41.2 Å². The molecule has 0 fully saturated rings. The van der Waals surface area contributed by atoms with Gasteiger partial charge in [0.05, 0.1) is 11.0 Å². The number of fused-ring (bicyclic) bond motifs is 4. The lowest BCUT2D eigenvalue weighted by molar-refractivity contribution is 1.50. The first-order valence-electron chi connectivity index (χ1n) is 17.5. The Bertz CT molecular complexity index is 2870. The first-order valence-corrected chi connectivity index (χ1v) is 19.2. The smallest absolute Gasteiger partial charge is 0.0794 e. The lowest BCUT2D eigenvalue weighted by Crippen LogP contribution is -1.92. The summed E-state index contributed by atoms with van der Waals surface area (Å²) in [5, 5.41) is 4.68. The van der Waals surface area contributed by atoms with Gasteiger partial charge in [0.25, 0.3) is 0 Å². The molecule has 7 aromatic carbocycles. The monoisotopic (exact) mass is 697 g/mol. The molecule has 0 aliphatic heterocycles. The van der Waals surface area contributed by atoms with Crippen molar-refractivity contribution in [1.29, 1.82) is 0 Å². The van der Waals surface area contributed by atoms with Crippen LogP contribution < -0.4 is 0 Å². The van der Waals surface area contributed by atoms with Gasteiger partial charge >= 0.3 is 0 Å². The highest BCUT2D eigenvalue weighted by atomic mass is 32.1. The molecular formula is C49H31NS2. The first-order chi connectivity index (χ1) is 25.7. The largest absolute Gasteiger partial charge is 0.247 e. The van der Waals surface area contributed by atoms with Crippen LogP contribution in [0, 0.1) is 0 Å². The summed E-state index contributed by atoms with van der Waals surface area (Å²) in [5.41, 5.74) is 11.8. The van der Waals surface area contributed by atoms with Gasteiger partial charge in [-0.2, -0.15) is 0 Å². The average Bonchev–Trinajstić information content (AvgIpc) is 3.93. The third-order valence-electron chi connectivity index (χ3n) is 9.94. The van der Waals surface area contributed by atoms with E-state index in [1.54, 1.807) is 0 Å². The second kappa shape index (κ2) is 12.9. The molecule has 52 heavy (non-hydrogen) atoms. The van der Waals surface area contributed by atoms with E-state index in [1.807, 2.05) is 22.7 Å². The number of nitrogens with zero attached hydrogens (tertiary/aromatic N) is 1. The second-order valence-corrected chi connectivity index (χ2v) is 15.3. The SMILES string of the molecule is c1ccc(-c2ccc3c(-c4ccc(-c5ccc(-c6ccccc6)s5)cc4)c4ccc5cc(-c6ccc(-c7ccccc7)s6)ccc5c4nc3c2)cc1. The van der Waals surface area contributed by atoms with Gasteiger partial charge in [0.1, 0.15) is 0 Å². The fourth-order valence-corrected chi connectivity index (χ4v) is 9.34. The summed E-state index contributed by atoms with van der Waals surface area (Å²) in [7, 11) is 0. The van der Waals surface area contributed by atoms with E-state index in [4.69, 9.17) is 4.98 Å². The number of pyridine rings is 1. The molecule has 1 nitrogen and oxygen atoms in total. The van der Waals surface area contributed by atoms with Crippen LogP contribution in [0.4, 0.5) is 0 Å². The summed E-state index contributed by atoms with van der Waals surface area (Å²) in [4.78, 5) is 10.5. The number of hydrogen-bond donors (Lipinski definition) is 0. The summed E-state index contributed by atoms with van der Waals surface area (Å²) < 4.78 is 0. The number of aromatic nitrogens is 1. The predicted octanol–water partition coefficient (Wildman–Crippen LogP) is 14.7. The van der Waals surface area contributed by atoms with E-state index >= 15 is 0 Å². The molecule has 0 aliphatic carbocycles. The van der Waals surface area contributed by atoms with Gasteiger partial charge in [-0.3, -0.25) is 0 Å². The Balaban J connectivity index is 1.11. The summed E-state index contributed by atoms with van der Waals surface area (Å²) in [6.07, 6.45) is 0. The van der Waals surface area contributed by atoms with Gasteiger partial charge in [-0.05, 0) is 80.7 Å². The molecule has 3 heterocycles. The topological polar surface area (TPSA) is 12.9 Å². The van der Waals surface area contributed by atoms with Gasteiger partial charge in [-0.25, -0.2) is 4.98 Å². The molecule has 0 spiro atoms. The Morgan fingerprint density at radius 2 is 0.769 bits per heavy atom. The van der Waals surface area contributed by atoms with Gasteiger partial charge in [-0.1, -0.05) is 152 Å². The molecule has 0 unspecified atom stereocenters. The minimum absolute atomic E-state index is 1.00. The van der Waals surface area contributed by atoms with E-state index in [1.165, 1.54) is 69.4 Å². The van der Waals surface area contributed by atoms with Crippen LogP contribution in [0.15, 0.2) is 188 Å². The Kier molecular flexibility index (Phi) is 7.60. The molecule has 0 amide bonds. The molecule has 0 saturated carbocycles. The summed E-state index contributed by atoms with van der Waals surface area (Å²) in [6, 6.07) is 68.0. The van der Waals surface area contributed by atoms with Gasteiger partial charge in [0.15, 0.2) is 0 Å². The zero-order valence-electron chi connectivity index (χ0n) is 28.2. The molecule has 0 atom stereocenters. The maximum Gasteiger partial charge on any atom is 0.0794 e. The maximum atomic E-state index is 5.43. The van der Waals surface area contributed by atoms with Crippen molar-refractivity contribution in [2.24, 2.45) is 0 Å². The molecule has 0 N–H and O–H groups in total. The van der Waals surface area contributed by atoms with Crippen molar-refractivity contribution in [3.63, 3.8) is 0 Å². The van der Waals surface area contributed by atoms with Crippen LogP contribution in [0.2, 0.25) is 0 Å². The van der Waals surface area contributed by atoms with E-state index < -0.39 is 0 Å². The quantitative estimate of drug-likeness (QED) is 0.124. The Morgan fingerprint density at radius 3 is 1.38 bits per heavy atom. The van der Waals surface area contributed by atoms with Crippen LogP contribution >= 0.6 is 22.7 Å². The summed E-state index contributed by atoms with van der Waals surface area (Å²) in [5.74, 6) is 0. The van der Waals surface area contributed by atoms with Crippen molar-refractivity contribution in [1.82, 2.24) is 4.98 Å². The van der Waals surface area contributed by atoms with Crippen LogP contribution in [-0.4, -0.2) is 4.98 Å². The molecular weight excluding hydrogens is 667 g/mol. The van der Waals surface area contributed by atoms with Crippen molar-refractivity contribution in [3.05, 3.63) is 188 Å². The van der Waals surface area contributed by atoms with Crippen LogP contribution in [0.1, 0.15) is 0 Å². The zero-order chi connectivity index (χ0) is 34.4. The van der Waals surface area contributed by atoms with Crippen molar-refractivity contribution in [2.75, 3.05) is 0 Å². The van der Waals surface area contributed by atoms with Crippen LogP contribution in [-0.2, 0) is 0 Å². The van der Waals surface area contributed by atoms with E-state index in [0.29, 0.717) is 0 Å². The van der Waals surface area contributed by atoms with Gasteiger partial charge in [0.2, 0.25) is 0 Å². The number of rotatable bonds is 6. The second-order valence-electron chi connectivity index (χ2n) is 13.1.